The normalized spacial score (nSPS) is 20.5. The first-order chi connectivity index (χ1) is 12.6. The summed E-state index contributed by atoms with van der Waals surface area (Å²) >= 11 is 0. The third-order valence-electron chi connectivity index (χ3n) is 5.92. The van der Waals surface area contributed by atoms with E-state index in [1.165, 1.54) is 12.8 Å². The van der Waals surface area contributed by atoms with Crippen LogP contribution in [0.2, 0.25) is 0 Å². The smallest absolute Gasteiger partial charge is 0.243 e. The highest BCUT2D eigenvalue weighted by molar-refractivity contribution is 7.89. The lowest BCUT2D eigenvalue weighted by Gasteiger charge is -2.20. The Morgan fingerprint density at radius 2 is 1.69 bits per heavy atom. The van der Waals surface area contributed by atoms with Gasteiger partial charge in [0.15, 0.2) is 6.29 Å². The molecule has 2 aromatic rings. The maximum Gasteiger partial charge on any atom is 0.243 e. The largest absolute Gasteiger partial charge is 0.358 e. The van der Waals surface area contributed by atoms with Crippen molar-refractivity contribution in [2.24, 2.45) is 0 Å². The van der Waals surface area contributed by atoms with E-state index in [-0.39, 0.29) is 0 Å². The Labute approximate surface area is 154 Å². The number of aromatic amines is 1. The highest BCUT2D eigenvalue weighted by Crippen LogP contribution is 2.38. The van der Waals surface area contributed by atoms with Crippen LogP contribution in [0.25, 0.3) is 10.9 Å². The van der Waals surface area contributed by atoms with Crippen molar-refractivity contribution < 1.29 is 13.2 Å². The minimum Gasteiger partial charge on any atom is -0.358 e. The summed E-state index contributed by atoms with van der Waals surface area (Å²) in [5, 5.41) is 0.734. The van der Waals surface area contributed by atoms with Gasteiger partial charge in [0.2, 0.25) is 10.0 Å². The van der Waals surface area contributed by atoms with Crippen LogP contribution in [0.1, 0.15) is 73.3 Å². The lowest BCUT2D eigenvalue weighted by Crippen LogP contribution is -2.31. The third-order valence-corrected chi connectivity index (χ3v) is 7.82. The van der Waals surface area contributed by atoms with E-state index in [1.807, 2.05) is 6.07 Å². The van der Waals surface area contributed by atoms with Gasteiger partial charge in [-0.15, -0.1) is 0 Å². The molecule has 1 aromatic carbocycles. The molecule has 0 amide bonds. The monoisotopic (exact) mass is 374 g/mol. The van der Waals surface area contributed by atoms with Crippen molar-refractivity contribution >= 4 is 27.2 Å². The van der Waals surface area contributed by atoms with Crippen LogP contribution in [0.5, 0.6) is 0 Å². The third kappa shape index (κ3) is 3.09. The maximum absolute atomic E-state index is 13.1. The van der Waals surface area contributed by atoms with E-state index in [4.69, 9.17) is 0 Å². The van der Waals surface area contributed by atoms with Crippen LogP contribution in [-0.2, 0) is 10.0 Å². The van der Waals surface area contributed by atoms with Gasteiger partial charge in [0.25, 0.3) is 0 Å². The quantitative estimate of drug-likeness (QED) is 0.815. The Hall–Kier alpha value is -1.66. The molecule has 0 unspecified atom stereocenters. The van der Waals surface area contributed by atoms with Crippen molar-refractivity contribution in [3.8, 4) is 0 Å². The molecule has 2 aliphatic rings. The Morgan fingerprint density at radius 1 is 1.00 bits per heavy atom. The molecule has 5 nitrogen and oxygen atoms in total. The SMILES string of the molecule is O=Cc1c(C2CCCC2)[nH]c2ccc(S(=O)(=O)N3CCCCCC3)cc12. The van der Waals surface area contributed by atoms with Gasteiger partial charge in [-0.25, -0.2) is 8.42 Å². The molecule has 1 aromatic heterocycles. The average Bonchev–Trinajstić information content (AvgIpc) is 3.20. The Bertz CT molecular complexity index is 903. The Kier molecular flexibility index (Phi) is 4.88. The zero-order valence-electron chi connectivity index (χ0n) is 15.0. The number of nitrogens with one attached hydrogen (secondary N) is 1. The zero-order valence-corrected chi connectivity index (χ0v) is 15.9. The fourth-order valence-electron chi connectivity index (χ4n) is 4.47. The van der Waals surface area contributed by atoms with E-state index < -0.39 is 10.0 Å². The van der Waals surface area contributed by atoms with Crippen LogP contribution in [-0.4, -0.2) is 37.1 Å². The van der Waals surface area contributed by atoms with Gasteiger partial charge in [-0.1, -0.05) is 25.7 Å². The lowest BCUT2D eigenvalue weighted by atomic mass is 9.99. The molecule has 1 saturated heterocycles. The van der Waals surface area contributed by atoms with Crippen LogP contribution in [0.15, 0.2) is 23.1 Å². The molecule has 6 heteroatoms. The van der Waals surface area contributed by atoms with E-state index in [9.17, 15) is 13.2 Å². The van der Waals surface area contributed by atoms with E-state index >= 15 is 0 Å². The zero-order chi connectivity index (χ0) is 18.1. The standard InChI is InChI=1S/C20H26N2O3S/c23-14-18-17-13-16(26(24,25)22-11-5-1-2-6-12-22)9-10-19(17)21-20(18)15-7-3-4-8-15/h9-10,13-15,21H,1-8,11-12H2. The molecule has 140 valence electrons. The van der Waals surface area contributed by atoms with Crippen molar-refractivity contribution in [2.45, 2.75) is 62.2 Å². The van der Waals surface area contributed by atoms with Crippen LogP contribution in [0, 0.1) is 0 Å². The predicted octanol–water partition coefficient (Wildman–Crippen LogP) is 4.20. The van der Waals surface area contributed by atoms with Gasteiger partial charge in [0, 0.05) is 35.2 Å². The minimum absolute atomic E-state index is 0.298. The molecular formula is C20H26N2O3S. The van der Waals surface area contributed by atoms with E-state index in [0.29, 0.717) is 29.5 Å². The number of rotatable bonds is 4. The molecule has 4 rings (SSSR count). The van der Waals surface area contributed by atoms with E-state index in [1.54, 1.807) is 16.4 Å². The molecular weight excluding hydrogens is 348 g/mol. The lowest BCUT2D eigenvalue weighted by molar-refractivity contribution is 0.112. The topological polar surface area (TPSA) is 70.2 Å². The van der Waals surface area contributed by atoms with Crippen molar-refractivity contribution in [1.82, 2.24) is 9.29 Å². The van der Waals surface area contributed by atoms with E-state index in [0.717, 1.165) is 61.4 Å². The summed E-state index contributed by atoms with van der Waals surface area (Å²) in [4.78, 5) is 15.5. The number of benzene rings is 1. The van der Waals surface area contributed by atoms with Gasteiger partial charge >= 0.3 is 0 Å². The van der Waals surface area contributed by atoms with Crippen LogP contribution >= 0.6 is 0 Å². The van der Waals surface area contributed by atoms with Crippen LogP contribution in [0.4, 0.5) is 0 Å². The summed E-state index contributed by atoms with van der Waals surface area (Å²) in [7, 11) is -3.51. The highest BCUT2D eigenvalue weighted by Gasteiger charge is 2.27. The Morgan fingerprint density at radius 3 is 2.35 bits per heavy atom. The molecule has 2 heterocycles. The Balaban J connectivity index is 1.75. The molecule has 1 saturated carbocycles. The van der Waals surface area contributed by atoms with E-state index in [2.05, 4.69) is 4.98 Å². The number of aromatic nitrogens is 1. The average molecular weight is 375 g/mol. The summed E-state index contributed by atoms with van der Waals surface area (Å²) in [5.74, 6) is 0.383. The van der Waals surface area contributed by atoms with Gasteiger partial charge < -0.3 is 4.98 Å². The molecule has 1 aliphatic heterocycles. The van der Waals surface area contributed by atoms with Crippen molar-refractivity contribution in [1.29, 1.82) is 0 Å². The summed E-state index contributed by atoms with van der Waals surface area (Å²) in [6.45, 7) is 1.17. The fourth-order valence-corrected chi connectivity index (χ4v) is 6.01. The van der Waals surface area contributed by atoms with Gasteiger partial charge in [0.05, 0.1) is 4.90 Å². The highest BCUT2D eigenvalue weighted by atomic mass is 32.2. The first kappa shape index (κ1) is 17.7. The fraction of sp³-hybridized carbons (Fsp3) is 0.550. The number of carbonyl (C=O) groups excluding carboxylic acids is 1. The van der Waals surface area contributed by atoms with Gasteiger partial charge in [-0.3, -0.25) is 4.79 Å². The number of fused-ring (bicyclic) bond motifs is 1. The van der Waals surface area contributed by atoms with Crippen molar-refractivity contribution in [3.05, 3.63) is 29.5 Å². The van der Waals surface area contributed by atoms with Gasteiger partial charge in [0.1, 0.15) is 0 Å². The summed E-state index contributed by atoms with van der Waals surface area (Å²) in [6, 6.07) is 5.17. The van der Waals surface area contributed by atoms with Crippen molar-refractivity contribution in [2.75, 3.05) is 13.1 Å². The second-order valence-electron chi connectivity index (χ2n) is 7.58. The van der Waals surface area contributed by atoms with Crippen LogP contribution in [0.3, 0.4) is 0 Å². The minimum atomic E-state index is -3.51. The predicted molar refractivity (Wildman–Crippen MR) is 102 cm³/mol. The second kappa shape index (κ2) is 7.16. The van der Waals surface area contributed by atoms with Gasteiger partial charge in [-0.05, 0) is 49.8 Å². The number of sulfonamides is 1. The number of hydrogen-bond acceptors (Lipinski definition) is 3. The molecule has 2 fully saturated rings. The first-order valence-corrected chi connectivity index (χ1v) is 11.2. The maximum atomic E-state index is 13.1. The number of nitrogens with zero attached hydrogens (tertiary/aromatic N) is 1. The molecule has 0 bridgehead atoms. The molecule has 0 atom stereocenters. The molecule has 1 N–H and O–H groups in total. The second-order valence-corrected chi connectivity index (χ2v) is 9.52. The number of H-pyrrole nitrogens is 1. The van der Waals surface area contributed by atoms with Gasteiger partial charge in [-0.2, -0.15) is 4.31 Å². The number of hydrogen-bond donors (Lipinski definition) is 1. The summed E-state index contributed by atoms with van der Waals surface area (Å²) < 4.78 is 27.8. The molecule has 0 radical (unpaired) electrons. The van der Waals surface area contributed by atoms with Crippen molar-refractivity contribution in [3.63, 3.8) is 0 Å². The number of carbonyl (C=O) groups is 1. The summed E-state index contributed by atoms with van der Waals surface area (Å²) in [6.07, 6.45) is 9.44. The summed E-state index contributed by atoms with van der Waals surface area (Å²) in [5.41, 5.74) is 2.47. The van der Waals surface area contributed by atoms with Crippen LogP contribution < -0.4 is 0 Å². The number of aldehydes is 1. The molecule has 0 spiro atoms. The first-order valence-electron chi connectivity index (χ1n) is 9.72. The molecule has 1 aliphatic carbocycles. The molecule has 26 heavy (non-hydrogen) atoms.